The van der Waals surface area contributed by atoms with Gasteiger partial charge in [-0.3, -0.25) is 4.79 Å². The van der Waals surface area contributed by atoms with Crippen LogP contribution in [0.5, 0.6) is 0 Å². The lowest BCUT2D eigenvalue weighted by atomic mass is 9.88. The van der Waals surface area contributed by atoms with Crippen molar-refractivity contribution < 1.29 is 15.0 Å². The summed E-state index contributed by atoms with van der Waals surface area (Å²) >= 11 is 0. The summed E-state index contributed by atoms with van der Waals surface area (Å²) in [7, 11) is 0. The number of hydrogen-bond acceptors (Lipinski definition) is 3. The predicted molar refractivity (Wildman–Crippen MR) is 66.1 cm³/mol. The molecular weight excluding hydrogens is 228 g/mol. The molecule has 1 aliphatic rings. The van der Waals surface area contributed by atoms with E-state index < -0.39 is 17.5 Å². The molecule has 18 heavy (non-hydrogen) atoms. The van der Waals surface area contributed by atoms with Crippen LogP contribution >= 0.6 is 0 Å². The Morgan fingerprint density at radius 3 is 2.22 bits per heavy atom. The summed E-state index contributed by atoms with van der Waals surface area (Å²) in [5.41, 5.74) is -0.589. The molecule has 0 saturated heterocycles. The third-order valence-electron chi connectivity index (χ3n) is 3.46. The van der Waals surface area contributed by atoms with Crippen molar-refractivity contribution in [3.05, 3.63) is 71.3 Å². The van der Waals surface area contributed by atoms with Gasteiger partial charge in [-0.25, -0.2) is 0 Å². The van der Waals surface area contributed by atoms with Gasteiger partial charge >= 0.3 is 0 Å². The largest absolute Gasteiger partial charge is 0.384 e. The Morgan fingerprint density at radius 2 is 1.56 bits per heavy atom. The van der Waals surface area contributed by atoms with E-state index in [9.17, 15) is 15.0 Å². The zero-order chi connectivity index (χ0) is 12.8. The Labute approximate surface area is 104 Å². The zero-order valence-electron chi connectivity index (χ0n) is 9.58. The average molecular weight is 240 g/mol. The van der Waals surface area contributed by atoms with E-state index in [4.69, 9.17) is 0 Å². The second-order valence-electron chi connectivity index (χ2n) is 4.45. The number of hydrogen-bond donors (Lipinski definition) is 2. The molecule has 2 unspecified atom stereocenters. The minimum Gasteiger partial charge on any atom is -0.384 e. The van der Waals surface area contributed by atoms with Gasteiger partial charge in [0.05, 0.1) is 0 Å². The number of Topliss-reactive ketones (excluding diaryl/α,β-unsaturated/α-hetero) is 1. The van der Waals surface area contributed by atoms with Gasteiger partial charge in [0.1, 0.15) is 6.10 Å². The first-order chi connectivity index (χ1) is 8.65. The zero-order valence-corrected chi connectivity index (χ0v) is 9.58. The average Bonchev–Trinajstić information content (AvgIpc) is 2.64. The lowest BCUT2D eigenvalue weighted by molar-refractivity contribution is -0.0479. The molecule has 2 N–H and O–H groups in total. The van der Waals surface area contributed by atoms with Gasteiger partial charge in [0, 0.05) is 5.56 Å². The van der Waals surface area contributed by atoms with Gasteiger partial charge in [0.2, 0.25) is 5.78 Å². The summed E-state index contributed by atoms with van der Waals surface area (Å²) < 4.78 is 0. The second-order valence-corrected chi connectivity index (χ2v) is 4.45. The van der Waals surface area contributed by atoms with Gasteiger partial charge in [-0.2, -0.15) is 0 Å². The number of ketones is 1. The molecule has 2 aromatic carbocycles. The number of carbonyl (C=O) groups is 1. The lowest BCUT2D eigenvalue weighted by Gasteiger charge is -2.25. The number of fused-ring (bicyclic) bond motifs is 1. The quantitative estimate of drug-likeness (QED) is 0.799. The van der Waals surface area contributed by atoms with Crippen molar-refractivity contribution in [1.29, 1.82) is 0 Å². The van der Waals surface area contributed by atoms with E-state index in [1.807, 2.05) is 0 Å². The third-order valence-corrected chi connectivity index (χ3v) is 3.46. The maximum atomic E-state index is 12.3. The Bertz CT molecular complexity index is 606. The fourth-order valence-electron chi connectivity index (χ4n) is 2.48. The van der Waals surface area contributed by atoms with Crippen molar-refractivity contribution in [3.63, 3.8) is 0 Å². The van der Waals surface area contributed by atoms with E-state index >= 15 is 0 Å². The van der Waals surface area contributed by atoms with E-state index in [-0.39, 0.29) is 0 Å². The maximum Gasteiger partial charge on any atom is 0.202 e. The van der Waals surface area contributed by atoms with Gasteiger partial charge < -0.3 is 10.2 Å². The van der Waals surface area contributed by atoms with E-state index in [1.165, 1.54) is 0 Å². The summed E-state index contributed by atoms with van der Waals surface area (Å²) in [4.78, 5) is 12.3. The van der Waals surface area contributed by atoms with Crippen LogP contribution in [0.3, 0.4) is 0 Å². The van der Waals surface area contributed by atoms with E-state index in [2.05, 4.69) is 0 Å². The molecule has 3 heteroatoms. The number of aliphatic hydroxyl groups excluding tert-OH is 1. The molecule has 0 bridgehead atoms. The highest BCUT2D eigenvalue weighted by Gasteiger charge is 2.52. The van der Waals surface area contributed by atoms with E-state index in [0.717, 1.165) is 0 Å². The van der Waals surface area contributed by atoms with Crippen LogP contribution in [0.2, 0.25) is 0 Å². The summed E-state index contributed by atoms with van der Waals surface area (Å²) in [5, 5.41) is 20.9. The molecule has 0 saturated carbocycles. The van der Waals surface area contributed by atoms with Crippen molar-refractivity contribution >= 4 is 5.78 Å². The molecule has 0 amide bonds. The van der Waals surface area contributed by atoms with Gasteiger partial charge in [-0.1, -0.05) is 54.6 Å². The molecule has 2 aromatic rings. The van der Waals surface area contributed by atoms with Crippen LogP contribution in [0, 0.1) is 0 Å². The smallest absolute Gasteiger partial charge is 0.202 e. The summed E-state index contributed by atoms with van der Waals surface area (Å²) in [5.74, 6) is -0.447. The summed E-state index contributed by atoms with van der Waals surface area (Å²) in [6.45, 7) is 0. The molecule has 0 heterocycles. The van der Waals surface area contributed by atoms with Crippen molar-refractivity contribution in [2.24, 2.45) is 0 Å². The molecule has 0 aliphatic heterocycles. The summed E-state index contributed by atoms with van der Waals surface area (Å²) in [6.07, 6.45) is -1.22. The fraction of sp³-hybridized carbons (Fsp3) is 0.133. The maximum absolute atomic E-state index is 12.3. The number of rotatable bonds is 1. The molecule has 1 aliphatic carbocycles. The molecule has 90 valence electrons. The highest BCUT2D eigenvalue weighted by Crippen LogP contribution is 2.45. The normalized spacial score (nSPS) is 26.1. The standard InChI is InChI=1S/C15H12O3/c16-13-11-8-4-5-9-12(11)14(17)15(13,18)10-6-2-1-3-7-10/h1-9,13,16,18H. The first kappa shape index (κ1) is 11.1. The first-order valence-electron chi connectivity index (χ1n) is 5.75. The third kappa shape index (κ3) is 1.29. The van der Waals surface area contributed by atoms with Gasteiger partial charge in [-0.15, -0.1) is 0 Å². The molecule has 3 rings (SSSR count). The summed E-state index contributed by atoms with van der Waals surface area (Å²) in [6, 6.07) is 15.3. The Balaban J connectivity index is 2.20. The molecular formula is C15H12O3. The van der Waals surface area contributed by atoms with Crippen molar-refractivity contribution in [1.82, 2.24) is 0 Å². The Hall–Kier alpha value is -1.97. The second kappa shape index (κ2) is 3.77. The molecule has 3 nitrogen and oxygen atoms in total. The van der Waals surface area contributed by atoms with Gasteiger partial charge in [0.25, 0.3) is 0 Å². The van der Waals surface area contributed by atoms with Crippen LogP contribution in [0.4, 0.5) is 0 Å². The van der Waals surface area contributed by atoms with E-state index in [0.29, 0.717) is 16.7 Å². The highest BCUT2D eigenvalue weighted by molar-refractivity contribution is 6.07. The Morgan fingerprint density at radius 1 is 0.944 bits per heavy atom. The molecule has 0 fully saturated rings. The molecule has 0 aromatic heterocycles. The molecule has 2 atom stereocenters. The van der Waals surface area contributed by atoms with Crippen molar-refractivity contribution in [2.75, 3.05) is 0 Å². The van der Waals surface area contributed by atoms with Crippen molar-refractivity contribution in [3.8, 4) is 0 Å². The highest BCUT2D eigenvalue weighted by atomic mass is 16.4. The van der Waals surface area contributed by atoms with Gasteiger partial charge in [-0.05, 0) is 11.1 Å². The number of carbonyl (C=O) groups excluding carboxylic acids is 1. The number of benzene rings is 2. The predicted octanol–water partition coefficient (Wildman–Crippen LogP) is 1.80. The molecule has 0 radical (unpaired) electrons. The minimum atomic E-state index is -1.87. The minimum absolute atomic E-state index is 0.386. The van der Waals surface area contributed by atoms with Gasteiger partial charge in [0.15, 0.2) is 5.60 Å². The monoisotopic (exact) mass is 240 g/mol. The number of aliphatic hydroxyl groups is 2. The van der Waals surface area contributed by atoms with Crippen LogP contribution in [0.1, 0.15) is 27.6 Å². The first-order valence-corrected chi connectivity index (χ1v) is 5.75. The molecule has 0 spiro atoms. The Kier molecular flexibility index (Phi) is 2.33. The van der Waals surface area contributed by atoms with E-state index in [1.54, 1.807) is 54.6 Å². The lowest BCUT2D eigenvalue weighted by Crippen LogP contribution is -2.36. The fourth-order valence-corrected chi connectivity index (χ4v) is 2.48. The topological polar surface area (TPSA) is 57.5 Å². The van der Waals surface area contributed by atoms with Crippen molar-refractivity contribution in [2.45, 2.75) is 11.7 Å². The van der Waals surface area contributed by atoms with Crippen LogP contribution in [0.15, 0.2) is 54.6 Å². The van der Waals surface area contributed by atoms with Crippen LogP contribution < -0.4 is 0 Å². The van der Waals surface area contributed by atoms with Crippen LogP contribution in [-0.2, 0) is 5.60 Å². The van der Waals surface area contributed by atoms with Crippen LogP contribution in [-0.4, -0.2) is 16.0 Å². The van der Waals surface area contributed by atoms with Crippen LogP contribution in [0.25, 0.3) is 0 Å². The SMILES string of the molecule is O=C1c2ccccc2C(O)C1(O)c1ccccc1.